The molecule has 0 radical (unpaired) electrons. The van der Waals surface area contributed by atoms with Gasteiger partial charge in [0, 0.05) is 33.6 Å². The van der Waals surface area contributed by atoms with Crippen molar-refractivity contribution in [3.63, 3.8) is 0 Å². The third kappa shape index (κ3) is 2.82. The van der Waals surface area contributed by atoms with Gasteiger partial charge in [-0.3, -0.25) is 0 Å². The summed E-state index contributed by atoms with van der Waals surface area (Å²) in [7, 11) is 0. The highest BCUT2D eigenvalue weighted by molar-refractivity contribution is 8.00. The molecule has 15 heavy (non-hydrogen) atoms. The molecular formula is C11H13Cl2NS. The molecule has 0 spiro atoms. The maximum absolute atomic E-state index is 6.16. The van der Waals surface area contributed by atoms with Crippen LogP contribution in [0.5, 0.6) is 0 Å². The molecule has 0 amide bonds. The van der Waals surface area contributed by atoms with Crippen molar-refractivity contribution in [3.05, 3.63) is 33.8 Å². The largest absolute Gasteiger partial charge is 0.308 e. The zero-order chi connectivity index (χ0) is 10.8. The number of thioether (sulfide) groups is 1. The van der Waals surface area contributed by atoms with E-state index in [0.29, 0.717) is 11.3 Å². The van der Waals surface area contributed by atoms with Crippen LogP contribution in [-0.4, -0.2) is 17.5 Å². The average molecular weight is 262 g/mol. The van der Waals surface area contributed by atoms with E-state index in [1.807, 2.05) is 30.0 Å². The monoisotopic (exact) mass is 261 g/mol. The molecule has 1 heterocycles. The molecule has 2 rings (SSSR count). The van der Waals surface area contributed by atoms with Gasteiger partial charge < -0.3 is 5.32 Å². The number of hydrogen-bond acceptors (Lipinski definition) is 2. The molecule has 0 bridgehead atoms. The minimum Gasteiger partial charge on any atom is -0.308 e. The second-order valence-corrected chi connectivity index (χ2v) is 6.09. The summed E-state index contributed by atoms with van der Waals surface area (Å²) >= 11 is 14.1. The Balaban J connectivity index is 2.18. The molecule has 1 saturated heterocycles. The van der Waals surface area contributed by atoms with E-state index in [0.717, 1.165) is 27.9 Å². The van der Waals surface area contributed by atoms with Crippen molar-refractivity contribution in [1.82, 2.24) is 5.32 Å². The summed E-state index contributed by atoms with van der Waals surface area (Å²) < 4.78 is 0. The number of benzene rings is 1. The molecule has 1 aromatic rings. The molecule has 1 nitrogen and oxygen atoms in total. The zero-order valence-electron chi connectivity index (χ0n) is 8.47. The molecule has 2 atom stereocenters. The topological polar surface area (TPSA) is 12.0 Å². The number of hydrogen-bond donors (Lipinski definition) is 1. The van der Waals surface area contributed by atoms with Crippen LogP contribution in [0.1, 0.15) is 18.5 Å². The first-order chi connectivity index (χ1) is 7.16. The predicted molar refractivity (Wildman–Crippen MR) is 69.1 cm³/mol. The lowest BCUT2D eigenvalue weighted by molar-refractivity contribution is 0.564. The van der Waals surface area contributed by atoms with Crippen LogP contribution in [0.25, 0.3) is 0 Å². The lowest BCUT2D eigenvalue weighted by Crippen LogP contribution is -2.34. The summed E-state index contributed by atoms with van der Waals surface area (Å²) in [4.78, 5) is 0. The fourth-order valence-electron chi connectivity index (χ4n) is 1.67. The van der Waals surface area contributed by atoms with Gasteiger partial charge in [0.05, 0.1) is 0 Å². The normalized spacial score (nSPS) is 26.6. The maximum atomic E-state index is 6.16. The standard InChI is InChI=1S/C11H13Cl2NS/c1-7-5-14-11(6-15-7)9-4-8(12)2-3-10(9)13/h2-4,7,11,14H,5-6H2,1H3. The second-order valence-electron chi connectivity index (χ2n) is 3.77. The summed E-state index contributed by atoms with van der Waals surface area (Å²) in [5.74, 6) is 1.06. The number of rotatable bonds is 1. The van der Waals surface area contributed by atoms with E-state index >= 15 is 0 Å². The Morgan fingerprint density at radius 2 is 2.20 bits per heavy atom. The first-order valence-corrected chi connectivity index (χ1v) is 6.77. The van der Waals surface area contributed by atoms with Gasteiger partial charge >= 0.3 is 0 Å². The smallest absolute Gasteiger partial charge is 0.0455 e. The minimum atomic E-state index is 0.331. The van der Waals surface area contributed by atoms with Crippen molar-refractivity contribution in [3.8, 4) is 0 Å². The van der Waals surface area contributed by atoms with Crippen molar-refractivity contribution in [1.29, 1.82) is 0 Å². The zero-order valence-corrected chi connectivity index (χ0v) is 10.8. The van der Waals surface area contributed by atoms with E-state index in [1.165, 1.54) is 0 Å². The quantitative estimate of drug-likeness (QED) is 0.827. The molecule has 2 unspecified atom stereocenters. The molecule has 1 fully saturated rings. The van der Waals surface area contributed by atoms with E-state index < -0.39 is 0 Å². The Morgan fingerprint density at radius 3 is 2.87 bits per heavy atom. The summed E-state index contributed by atoms with van der Waals surface area (Å²) in [5, 5.41) is 5.72. The van der Waals surface area contributed by atoms with Gasteiger partial charge in [-0.1, -0.05) is 30.1 Å². The van der Waals surface area contributed by atoms with Crippen molar-refractivity contribution < 1.29 is 0 Å². The maximum Gasteiger partial charge on any atom is 0.0455 e. The highest BCUT2D eigenvalue weighted by atomic mass is 35.5. The second kappa shape index (κ2) is 4.96. The highest BCUT2D eigenvalue weighted by Gasteiger charge is 2.21. The van der Waals surface area contributed by atoms with Gasteiger partial charge in [0.25, 0.3) is 0 Å². The van der Waals surface area contributed by atoms with Gasteiger partial charge in [-0.25, -0.2) is 0 Å². The van der Waals surface area contributed by atoms with Gasteiger partial charge in [0.15, 0.2) is 0 Å². The lowest BCUT2D eigenvalue weighted by Gasteiger charge is -2.28. The summed E-state index contributed by atoms with van der Waals surface area (Å²) in [6.45, 7) is 3.26. The van der Waals surface area contributed by atoms with Crippen molar-refractivity contribution >= 4 is 35.0 Å². The van der Waals surface area contributed by atoms with Crippen LogP contribution >= 0.6 is 35.0 Å². The molecule has 1 N–H and O–H groups in total. The number of nitrogens with one attached hydrogen (secondary N) is 1. The summed E-state index contributed by atoms with van der Waals surface area (Å²) in [6.07, 6.45) is 0. The van der Waals surface area contributed by atoms with Crippen LogP contribution in [0.4, 0.5) is 0 Å². The van der Waals surface area contributed by atoms with Crippen LogP contribution in [0.15, 0.2) is 18.2 Å². The van der Waals surface area contributed by atoms with Crippen LogP contribution in [0.2, 0.25) is 10.0 Å². The van der Waals surface area contributed by atoms with Crippen LogP contribution in [0.3, 0.4) is 0 Å². The molecule has 0 aliphatic carbocycles. The number of halogens is 2. The minimum absolute atomic E-state index is 0.331. The SMILES string of the molecule is CC1CNC(c2cc(Cl)ccc2Cl)CS1. The molecule has 0 saturated carbocycles. The Morgan fingerprint density at radius 1 is 1.40 bits per heavy atom. The van der Waals surface area contributed by atoms with E-state index in [-0.39, 0.29) is 0 Å². The van der Waals surface area contributed by atoms with E-state index in [4.69, 9.17) is 23.2 Å². The van der Waals surface area contributed by atoms with Crippen molar-refractivity contribution in [2.45, 2.75) is 18.2 Å². The first kappa shape index (κ1) is 11.6. The average Bonchev–Trinajstić information content (AvgIpc) is 2.23. The summed E-state index contributed by atoms with van der Waals surface area (Å²) in [6, 6.07) is 5.98. The fourth-order valence-corrected chi connectivity index (χ4v) is 3.13. The molecule has 4 heteroatoms. The van der Waals surface area contributed by atoms with Gasteiger partial charge in [-0.2, -0.15) is 11.8 Å². The van der Waals surface area contributed by atoms with Crippen LogP contribution in [-0.2, 0) is 0 Å². The first-order valence-electron chi connectivity index (χ1n) is 4.97. The molecular weight excluding hydrogens is 249 g/mol. The van der Waals surface area contributed by atoms with Gasteiger partial charge in [0.2, 0.25) is 0 Å². The Kier molecular flexibility index (Phi) is 3.83. The Hall–Kier alpha value is 0.110. The highest BCUT2D eigenvalue weighted by Crippen LogP contribution is 2.31. The Labute approximate surface area is 105 Å². The molecule has 1 aliphatic rings. The van der Waals surface area contributed by atoms with Gasteiger partial charge in [-0.15, -0.1) is 0 Å². The van der Waals surface area contributed by atoms with Gasteiger partial charge in [-0.05, 0) is 23.8 Å². The third-order valence-corrected chi connectivity index (χ3v) is 4.37. The molecule has 1 aliphatic heterocycles. The Bertz CT molecular complexity index is 348. The van der Waals surface area contributed by atoms with Crippen LogP contribution < -0.4 is 5.32 Å². The molecule has 1 aromatic carbocycles. The van der Waals surface area contributed by atoms with Gasteiger partial charge in [0.1, 0.15) is 0 Å². The predicted octanol–water partition coefficient (Wildman–Crippen LogP) is 3.76. The van der Waals surface area contributed by atoms with E-state index in [9.17, 15) is 0 Å². The summed E-state index contributed by atoms with van der Waals surface area (Å²) in [5.41, 5.74) is 1.11. The van der Waals surface area contributed by atoms with Crippen molar-refractivity contribution in [2.75, 3.05) is 12.3 Å². The lowest BCUT2D eigenvalue weighted by atomic mass is 10.1. The third-order valence-electron chi connectivity index (χ3n) is 2.53. The van der Waals surface area contributed by atoms with Crippen LogP contribution in [0, 0.1) is 0 Å². The van der Waals surface area contributed by atoms with E-state index in [1.54, 1.807) is 0 Å². The van der Waals surface area contributed by atoms with E-state index in [2.05, 4.69) is 12.2 Å². The van der Waals surface area contributed by atoms with Crippen molar-refractivity contribution in [2.24, 2.45) is 0 Å². The molecule has 0 aromatic heterocycles. The fraction of sp³-hybridized carbons (Fsp3) is 0.455. The molecule has 82 valence electrons.